The van der Waals surface area contributed by atoms with Crippen molar-refractivity contribution in [3.63, 3.8) is 0 Å². The van der Waals surface area contributed by atoms with E-state index in [4.69, 9.17) is 10.5 Å². The average Bonchev–Trinajstić information content (AvgIpc) is 2.70. The number of ether oxygens (including phenoxy) is 1. The first-order valence-corrected chi connectivity index (χ1v) is 8.77. The molecule has 0 aliphatic carbocycles. The van der Waals surface area contributed by atoms with E-state index in [0.29, 0.717) is 48.6 Å². The highest BCUT2D eigenvalue weighted by Gasteiger charge is 2.28. The number of aryl methyl sites for hydroxylation is 1. The first kappa shape index (κ1) is 15.9. The summed E-state index contributed by atoms with van der Waals surface area (Å²) >= 11 is 3.39. The lowest BCUT2D eigenvalue weighted by atomic mass is 10.1. The topological polar surface area (TPSA) is 72.6 Å². The van der Waals surface area contributed by atoms with Crippen LogP contribution in [0.15, 0.2) is 21.5 Å². The zero-order valence-corrected chi connectivity index (χ0v) is 13.8. The summed E-state index contributed by atoms with van der Waals surface area (Å²) < 4.78 is 33.0. The number of halogens is 1. The highest BCUT2D eigenvalue weighted by atomic mass is 79.9. The predicted molar refractivity (Wildman–Crippen MR) is 81.0 cm³/mol. The molecule has 20 heavy (non-hydrogen) atoms. The van der Waals surface area contributed by atoms with Crippen molar-refractivity contribution < 1.29 is 13.2 Å². The molecule has 7 heteroatoms. The number of hydrogen-bond donors (Lipinski definition) is 1. The zero-order chi connectivity index (χ0) is 14.8. The Morgan fingerprint density at radius 3 is 2.80 bits per heavy atom. The van der Waals surface area contributed by atoms with E-state index in [9.17, 15) is 8.42 Å². The molecule has 112 valence electrons. The van der Waals surface area contributed by atoms with E-state index in [0.717, 1.165) is 11.1 Å². The summed E-state index contributed by atoms with van der Waals surface area (Å²) in [6.45, 7) is 4.11. The predicted octanol–water partition coefficient (Wildman–Crippen LogP) is 1.63. The van der Waals surface area contributed by atoms with Gasteiger partial charge in [-0.25, -0.2) is 8.42 Å². The van der Waals surface area contributed by atoms with Gasteiger partial charge in [0, 0.05) is 30.7 Å². The van der Waals surface area contributed by atoms with Crippen LogP contribution in [0.2, 0.25) is 0 Å². The van der Waals surface area contributed by atoms with Gasteiger partial charge >= 0.3 is 0 Å². The van der Waals surface area contributed by atoms with E-state index in [-0.39, 0.29) is 0 Å². The van der Waals surface area contributed by atoms with Crippen LogP contribution in [-0.4, -0.2) is 39.0 Å². The first-order valence-electron chi connectivity index (χ1n) is 6.54. The van der Waals surface area contributed by atoms with Crippen LogP contribution in [0.1, 0.15) is 17.5 Å². The Balaban J connectivity index is 2.45. The van der Waals surface area contributed by atoms with E-state index < -0.39 is 10.0 Å². The lowest BCUT2D eigenvalue weighted by Crippen LogP contribution is -2.33. The summed E-state index contributed by atoms with van der Waals surface area (Å²) in [7, 11) is -3.52. The van der Waals surface area contributed by atoms with Gasteiger partial charge < -0.3 is 10.5 Å². The summed E-state index contributed by atoms with van der Waals surface area (Å²) in [4.78, 5) is 0.292. The van der Waals surface area contributed by atoms with Crippen molar-refractivity contribution in [1.82, 2.24) is 4.31 Å². The van der Waals surface area contributed by atoms with Crippen LogP contribution in [0.25, 0.3) is 0 Å². The van der Waals surface area contributed by atoms with Gasteiger partial charge in [-0.2, -0.15) is 4.31 Å². The smallest absolute Gasteiger partial charge is 0.244 e. The average molecular weight is 363 g/mol. The van der Waals surface area contributed by atoms with Crippen molar-refractivity contribution in [1.29, 1.82) is 0 Å². The maximum Gasteiger partial charge on any atom is 0.244 e. The maximum atomic E-state index is 12.8. The van der Waals surface area contributed by atoms with Crippen molar-refractivity contribution in [3.8, 4) is 0 Å². The van der Waals surface area contributed by atoms with Gasteiger partial charge in [-0.15, -0.1) is 0 Å². The van der Waals surface area contributed by atoms with E-state index >= 15 is 0 Å². The maximum absolute atomic E-state index is 12.8. The Kier molecular flexibility index (Phi) is 5.19. The summed E-state index contributed by atoms with van der Waals surface area (Å²) in [6, 6.07) is 3.55. The molecule has 2 N–H and O–H groups in total. The monoisotopic (exact) mass is 362 g/mol. The molecule has 5 nitrogen and oxygen atoms in total. The van der Waals surface area contributed by atoms with Gasteiger partial charge in [0.1, 0.15) is 0 Å². The number of benzene rings is 1. The molecule has 1 aliphatic heterocycles. The highest BCUT2D eigenvalue weighted by molar-refractivity contribution is 9.10. The fourth-order valence-electron chi connectivity index (χ4n) is 2.22. The van der Waals surface area contributed by atoms with Gasteiger partial charge in [-0.3, -0.25) is 0 Å². The molecule has 1 aromatic carbocycles. The third kappa shape index (κ3) is 3.23. The van der Waals surface area contributed by atoms with Crippen LogP contribution in [0.3, 0.4) is 0 Å². The van der Waals surface area contributed by atoms with Crippen molar-refractivity contribution in [2.75, 3.05) is 26.3 Å². The number of sulfonamides is 1. The SMILES string of the molecule is Cc1cc(CN)cc(S(=O)(=O)N2CCCOCC2)c1Br. The van der Waals surface area contributed by atoms with Gasteiger partial charge in [-0.1, -0.05) is 6.07 Å². The van der Waals surface area contributed by atoms with Crippen LogP contribution < -0.4 is 5.73 Å². The lowest BCUT2D eigenvalue weighted by Gasteiger charge is -2.21. The summed E-state index contributed by atoms with van der Waals surface area (Å²) in [5.41, 5.74) is 7.33. The van der Waals surface area contributed by atoms with Gasteiger partial charge in [0.05, 0.1) is 11.5 Å². The Morgan fingerprint density at radius 2 is 2.10 bits per heavy atom. The second kappa shape index (κ2) is 6.53. The molecule has 0 atom stereocenters. The van der Waals surface area contributed by atoms with Crippen LogP contribution in [0.5, 0.6) is 0 Å². The second-order valence-corrected chi connectivity index (χ2v) is 7.50. The molecule has 1 heterocycles. The zero-order valence-electron chi connectivity index (χ0n) is 11.4. The normalized spacial score (nSPS) is 17.9. The van der Waals surface area contributed by atoms with Crippen molar-refractivity contribution in [3.05, 3.63) is 27.7 Å². The van der Waals surface area contributed by atoms with E-state index in [1.165, 1.54) is 4.31 Å². The van der Waals surface area contributed by atoms with E-state index in [1.54, 1.807) is 6.07 Å². The molecule has 0 unspecified atom stereocenters. The molecule has 1 aromatic rings. The largest absolute Gasteiger partial charge is 0.380 e. The third-order valence-electron chi connectivity index (χ3n) is 3.32. The number of hydrogen-bond acceptors (Lipinski definition) is 4. The van der Waals surface area contributed by atoms with Crippen molar-refractivity contribution in [2.24, 2.45) is 5.73 Å². The molecule has 0 saturated carbocycles. The Labute approximate surface area is 128 Å². The number of nitrogens with zero attached hydrogens (tertiary/aromatic N) is 1. The molecule has 0 aromatic heterocycles. The van der Waals surface area contributed by atoms with Gasteiger partial charge in [0.25, 0.3) is 0 Å². The summed E-state index contributed by atoms with van der Waals surface area (Å²) in [6.07, 6.45) is 0.715. The Bertz CT molecular complexity index is 582. The van der Waals surface area contributed by atoms with E-state index in [2.05, 4.69) is 15.9 Å². The molecule has 1 aliphatic rings. The minimum absolute atomic E-state index is 0.292. The first-order chi connectivity index (χ1) is 9.46. The number of rotatable bonds is 3. The van der Waals surface area contributed by atoms with Crippen LogP contribution in [0, 0.1) is 6.92 Å². The molecule has 0 radical (unpaired) electrons. The fraction of sp³-hybridized carbons (Fsp3) is 0.538. The van der Waals surface area contributed by atoms with Crippen molar-refractivity contribution >= 4 is 26.0 Å². The van der Waals surface area contributed by atoms with Crippen LogP contribution in [0.4, 0.5) is 0 Å². The molecule has 2 rings (SSSR count). The fourth-order valence-corrected chi connectivity index (χ4v) is 4.71. The third-order valence-corrected chi connectivity index (χ3v) is 6.55. The van der Waals surface area contributed by atoms with Gasteiger partial charge in [0.15, 0.2) is 0 Å². The molecular formula is C13H19BrN2O3S. The minimum Gasteiger partial charge on any atom is -0.380 e. The molecular weight excluding hydrogens is 344 g/mol. The molecule has 1 saturated heterocycles. The molecule has 1 fully saturated rings. The Hall–Kier alpha value is -0.470. The molecule has 0 amide bonds. The lowest BCUT2D eigenvalue weighted by molar-refractivity contribution is 0.148. The summed E-state index contributed by atoms with van der Waals surface area (Å²) in [5.74, 6) is 0. The van der Waals surface area contributed by atoms with Gasteiger partial charge in [-0.05, 0) is 46.5 Å². The second-order valence-electron chi connectivity index (χ2n) is 4.80. The molecule has 0 spiro atoms. The Morgan fingerprint density at radius 1 is 1.35 bits per heavy atom. The molecule has 0 bridgehead atoms. The van der Waals surface area contributed by atoms with Gasteiger partial charge in [0.2, 0.25) is 10.0 Å². The van der Waals surface area contributed by atoms with Crippen LogP contribution >= 0.6 is 15.9 Å². The summed E-state index contributed by atoms with van der Waals surface area (Å²) in [5, 5.41) is 0. The quantitative estimate of drug-likeness (QED) is 0.886. The van der Waals surface area contributed by atoms with Crippen LogP contribution in [-0.2, 0) is 21.3 Å². The van der Waals surface area contributed by atoms with E-state index in [1.807, 2.05) is 13.0 Å². The highest BCUT2D eigenvalue weighted by Crippen LogP contribution is 2.30. The number of nitrogens with two attached hydrogens (primary N) is 1. The van der Waals surface area contributed by atoms with Crippen molar-refractivity contribution in [2.45, 2.75) is 24.8 Å². The standard InChI is InChI=1S/C13H19BrN2O3S/c1-10-7-11(9-15)8-12(13(10)14)20(17,18)16-3-2-5-19-6-4-16/h7-8H,2-6,9,15H2,1H3. The minimum atomic E-state index is -3.52.